The molecule has 0 radical (unpaired) electrons. The van der Waals surface area contributed by atoms with Gasteiger partial charge in [0, 0.05) is 6.04 Å². The highest BCUT2D eigenvalue weighted by Gasteiger charge is 2.04. The minimum absolute atomic E-state index is 0.225. The molecule has 156 valence electrons. The van der Waals surface area contributed by atoms with E-state index in [2.05, 4.69) is 37.3 Å². The lowest BCUT2D eigenvalue weighted by Gasteiger charge is -2.11. The first-order valence-electron chi connectivity index (χ1n) is 12.1. The SMILES string of the molecule is CCCCCCCCCCCCCCCCCCCC(N)c1ccccc1. The van der Waals surface area contributed by atoms with E-state index < -0.39 is 0 Å². The number of hydrogen-bond donors (Lipinski definition) is 1. The van der Waals surface area contributed by atoms with Gasteiger partial charge in [-0.3, -0.25) is 0 Å². The normalized spacial score (nSPS) is 12.4. The molecule has 2 N–H and O–H groups in total. The fourth-order valence-corrected chi connectivity index (χ4v) is 3.96. The van der Waals surface area contributed by atoms with Crippen LogP contribution in [-0.2, 0) is 0 Å². The zero-order valence-electron chi connectivity index (χ0n) is 18.3. The first kappa shape index (κ1) is 24.2. The first-order valence-corrected chi connectivity index (χ1v) is 12.1. The van der Waals surface area contributed by atoms with Crippen molar-refractivity contribution in [2.24, 2.45) is 5.73 Å². The predicted octanol–water partition coefficient (Wildman–Crippen LogP) is 8.73. The minimum Gasteiger partial charge on any atom is -0.324 e. The third-order valence-corrected chi connectivity index (χ3v) is 5.85. The summed E-state index contributed by atoms with van der Waals surface area (Å²) in [7, 11) is 0. The van der Waals surface area contributed by atoms with E-state index in [0.29, 0.717) is 0 Å². The summed E-state index contributed by atoms with van der Waals surface area (Å²) >= 11 is 0. The molecular formula is C26H47N. The van der Waals surface area contributed by atoms with Crippen LogP contribution in [0.4, 0.5) is 0 Å². The van der Waals surface area contributed by atoms with Gasteiger partial charge in [-0.25, -0.2) is 0 Å². The van der Waals surface area contributed by atoms with E-state index in [4.69, 9.17) is 5.73 Å². The second kappa shape index (κ2) is 18.5. The lowest BCUT2D eigenvalue weighted by Crippen LogP contribution is -2.09. The molecule has 1 nitrogen and oxygen atoms in total. The molecule has 0 fully saturated rings. The molecule has 0 aliphatic carbocycles. The highest BCUT2D eigenvalue weighted by molar-refractivity contribution is 5.18. The van der Waals surface area contributed by atoms with Gasteiger partial charge in [0.1, 0.15) is 0 Å². The van der Waals surface area contributed by atoms with Gasteiger partial charge in [0.05, 0.1) is 0 Å². The molecule has 0 amide bonds. The van der Waals surface area contributed by atoms with Crippen LogP contribution in [0.15, 0.2) is 30.3 Å². The van der Waals surface area contributed by atoms with Crippen LogP contribution in [0.25, 0.3) is 0 Å². The smallest absolute Gasteiger partial charge is 0.0294 e. The van der Waals surface area contributed by atoms with E-state index in [1.54, 1.807) is 0 Å². The zero-order valence-corrected chi connectivity index (χ0v) is 18.3. The standard InChI is InChI=1S/C26H47N/c1-2-3-4-5-6-7-8-9-10-11-12-13-14-15-16-17-21-24-26(27)25-22-19-18-20-23-25/h18-20,22-23,26H,2-17,21,24,27H2,1H3. The number of rotatable bonds is 19. The summed E-state index contributed by atoms with van der Waals surface area (Å²) < 4.78 is 0. The molecule has 0 spiro atoms. The molecule has 0 bridgehead atoms. The third kappa shape index (κ3) is 14.9. The van der Waals surface area contributed by atoms with Gasteiger partial charge in [0.15, 0.2) is 0 Å². The quantitative estimate of drug-likeness (QED) is 0.241. The van der Waals surface area contributed by atoms with Gasteiger partial charge >= 0.3 is 0 Å². The van der Waals surface area contributed by atoms with Crippen molar-refractivity contribution in [1.82, 2.24) is 0 Å². The first-order chi connectivity index (χ1) is 13.3. The Kier molecular flexibility index (Phi) is 16.6. The van der Waals surface area contributed by atoms with Crippen molar-refractivity contribution < 1.29 is 0 Å². The van der Waals surface area contributed by atoms with Crippen LogP contribution in [0.3, 0.4) is 0 Å². The Labute approximate surface area is 170 Å². The van der Waals surface area contributed by atoms with Gasteiger partial charge in [0.2, 0.25) is 0 Å². The summed E-state index contributed by atoms with van der Waals surface area (Å²) in [5.74, 6) is 0. The van der Waals surface area contributed by atoms with E-state index in [1.807, 2.05) is 0 Å². The van der Waals surface area contributed by atoms with Crippen molar-refractivity contribution in [3.63, 3.8) is 0 Å². The maximum Gasteiger partial charge on any atom is 0.0294 e. The molecule has 1 heteroatoms. The third-order valence-electron chi connectivity index (χ3n) is 5.85. The van der Waals surface area contributed by atoms with E-state index in [1.165, 1.54) is 115 Å². The fraction of sp³-hybridized carbons (Fsp3) is 0.769. The number of benzene rings is 1. The van der Waals surface area contributed by atoms with Crippen molar-refractivity contribution in [2.75, 3.05) is 0 Å². The minimum atomic E-state index is 0.225. The molecule has 0 saturated heterocycles. The van der Waals surface area contributed by atoms with Gasteiger partial charge in [-0.15, -0.1) is 0 Å². The van der Waals surface area contributed by atoms with Crippen molar-refractivity contribution >= 4 is 0 Å². The summed E-state index contributed by atoms with van der Waals surface area (Å²) in [6, 6.07) is 10.8. The molecular weight excluding hydrogens is 326 g/mol. The molecule has 27 heavy (non-hydrogen) atoms. The molecule has 1 atom stereocenters. The Balaban J connectivity index is 1.74. The van der Waals surface area contributed by atoms with E-state index >= 15 is 0 Å². The largest absolute Gasteiger partial charge is 0.324 e. The summed E-state index contributed by atoms with van der Waals surface area (Å²) in [5, 5.41) is 0. The maximum atomic E-state index is 6.26. The molecule has 1 rings (SSSR count). The summed E-state index contributed by atoms with van der Waals surface area (Å²) in [5.41, 5.74) is 7.55. The second-order valence-corrected chi connectivity index (χ2v) is 8.46. The van der Waals surface area contributed by atoms with Gasteiger partial charge < -0.3 is 5.73 Å². The predicted molar refractivity (Wildman–Crippen MR) is 122 cm³/mol. The van der Waals surface area contributed by atoms with E-state index in [0.717, 1.165) is 6.42 Å². The Bertz CT molecular complexity index is 400. The van der Waals surface area contributed by atoms with Gasteiger partial charge in [0.25, 0.3) is 0 Å². The van der Waals surface area contributed by atoms with Crippen molar-refractivity contribution in [3.8, 4) is 0 Å². The van der Waals surface area contributed by atoms with Crippen LogP contribution in [0.5, 0.6) is 0 Å². The number of nitrogens with two attached hydrogens (primary N) is 1. The van der Waals surface area contributed by atoms with Gasteiger partial charge in [-0.05, 0) is 12.0 Å². The summed E-state index contributed by atoms with van der Waals surface area (Å²) in [6.45, 7) is 2.29. The zero-order chi connectivity index (χ0) is 19.4. The fourth-order valence-electron chi connectivity index (χ4n) is 3.96. The molecule has 0 heterocycles. The average Bonchev–Trinajstić information content (AvgIpc) is 2.70. The summed E-state index contributed by atoms with van der Waals surface area (Å²) in [4.78, 5) is 0. The monoisotopic (exact) mass is 373 g/mol. The van der Waals surface area contributed by atoms with Crippen LogP contribution in [0.2, 0.25) is 0 Å². The van der Waals surface area contributed by atoms with Crippen LogP contribution in [-0.4, -0.2) is 0 Å². The average molecular weight is 374 g/mol. The van der Waals surface area contributed by atoms with Crippen molar-refractivity contribution in [2.45, 2.75) is 129 Å². The topological polar surface area (TPSA) is 26.0 Å². The van der Waals surface area contributed by atoms with Crippen molar-refractivity contribution in [3.05, 3.63) is 35.9 Å². The Morgan fingerprint density at radius 3 is 1.33 bits per heavy atom. The maximum absolute atomic E-state index is 6.26. The Morgan fingerprint density at radius 2 is 0.926 bits per heavy atom. The Morgan fingerprint density at radius 1 is 0.556 bits per heavy atom. The van der Waals surface area contributed by atoms with Crippen LogP contribution >= 0.6 is 0 Å². The molecule has 0 saturated carbocycles. The van der Waals surface area contributed by atoms with E-state index in [9.17, 15) is 0 Å². The van der Waals surface area contributed by atoms with Gasteiger partial charge in [-0.1, -0.05) is 146 Å². The Hall–Kier alpha value is -0.820. The molecule has 1 aromatic carbocycles. The number of unbranched alkanes of at least 4 members (excludes halogenated alkanes) is 16. The second-order valence-electron chi connectivity index (χ2n) is 8.46. The molecule has 0 aromatic heterocycles. The van der Waals surface area contributed by atoms with Crippen LogP contribution in [0, 0.1) is 0 Å². The number of hydrogen-bond acceptors (Lipinski definition) is 1. The molecule has 0 aliphatic heterocycles. The van der Waals surface area contributed by atoms with Gasteiger partial charge in [-0.2, -0.15) is 0 Å². The highest BCUT2D eigenvalue weighted by Crippen LogP contribution is 2.18. The highest BCUT2D eigenvalue weighted by atomic mass is 14.6. The lowest BCUT2D eigenvalue weighted by molar-refractivity contribution is 0.517. The molecule has 1 aromatic rings. The van der Waals surface area contributed by atoms with E-state index in [-0.39, 0.29) is 6.04 Å². The summed E-state index contributed by atoms with van der Waals surface area (Å²) in [6.07, 6.45) is 25.4. The lowest BCUT2D eigenvalue weighted by atomic mass is 10.00. The van der Waals surface area contributed by atoms with Crippen molar-refractivity contribution in [1.29, 1.82) is 0 Å². The van der Waals surface area contributed by atoms with Crippen LogP contribution in [0.1, 0.15) is 134 Å². The molecule has 1 unspecified atom stereocenters. The van der Waals surface area contributed by atoms with Crippen LogP contribution < -0.4 is 5.73 Å². The molecule has 0 aliphatic rings.